The van der Waals surface area contributed by atoms with Crippen molar-refractivity contribution in [1.82, 2.24) is 10.3 Å². The number of aromatic nitrogens is 1. The Hall–Kier alpha value is -1.74. The van der Waals surface area contributed by atoms with E-state index in [-0.39, 0.29) is 11.9 Å². The molecule has 1 aromatic heterocycles. The molecule has 1 aromatic carbocycles. The van der Waals surface area contributed by atoms with E-state index in [0.717, 1.165) is 17.5 Å². The summed E-state index contributed by atoms with van der Waals surface area (Å²) in [5.74, 6) is -0.179. The first-order chi connectivity index (χ1) is 8.70. The highest BCUT2D eigenvalue weighted by Gasteiger charge is 2.11. The summed E-state index contributed by atoms with van der Waals surface area (Å²) in [4.78, 5) is 4.02. The lowest BCUT2D eigenvalue weighted by Crippen LogP contribution is -2.19. The van der Waals surface area contributed by atoms with Crippen LogP contribution in [0.3, 0.4) is 0 Å². The molecule has 0 spiro atoms. The number of hydrogen-bond acceptors (Lipinski definition) is 2. The second-order valence-corrected chi connectivity index (χ2v) is 4.40. The predicted octanol–water partition coefficient (Wildman–Crippen LogP) is 3.03. The Balaban J connectivity index is 2.21. The van der Waals surface area contributed by atoms with Gasteiger partial charge in [0.05, 0.1) is 0 Å². The Morgan fingerprint density at radius 1 is 1.22 bits per heavy atom. The number of halogens is 1. The monoisotopic (exact) mass is 244 g/mol. The smallest absolute Gasteiger partial charge is 0.123 e. The van der Waals surface area contributed by atoms with E-state index in [2.05, 4.69) is 10.3 Å². The zero-order valence-corrected chi connectivity index (χ0v) is 10.7. The van der Waals surface area contributed by atoms with E-state index in [0.29, 0.717) is 0 Å². The Labute approximate surface area is 107 Å². The van der Waals surface area contributed by atoms with Crippen molar-refractivity contribution in [2.75, 3.05) is 7.05 Å². The summed E-state index contributed by atoms with van der Waals surface area (Å²) in [6, 6.07) is 9.17. The van der Waals surface area contributed by atoms with Crippen LogP contribution in [0, 0.1) is 12.7 Å². The van der Waals surface area contributed by atoms with Crippen molar-refractivity contribution in [2.24, 2.45) is 0 Å². The molecule has 2 rings (SSSR count). The van der Waals surface area contributed by atoms with Crippen LogP contribution in [0.15, 0.2) is 42.7 Å². The lowest BCUT2D eigenvalue weighted by Gasteiger charge is -2.17. The van der Waals surface area contributed by atoms with E-state index in [1.54, 1.807) is 18.5 Å². The maximum atomic E-state index is 13.1. The predicted molar refractivity (Wildman–Crippen MR) is 70.9 cm³/mol. The minimum absolute atomic E-state index is 0.179. The van der Waals surface area contributed by atoms with Crippen molar-refractivity contribution < 1.29 is 4.39 Å². The number of rotatable bonds is 4. The SMILES string of the molecule is CNC(Cc1ccc(F)cc1C)c1ccncc1. The summed E-state index contributed by atoms with van der Waals surface area (Å²) in [6.45, 7) is 1.94. The molecule has 2 nitrogen and oxygen atoms in total. The van der Waals surface area contributed by atoms with Gasteiger partial charge >= 0.3 is 0 Å². The molecule has 94 valence electrons. The van der Waals surface area contributed by atoms with Crippen LogP contribution in [0.4, 0.5) is 4.39 Å². The average Bonchev–Trinajstić information content (AvgIpc) is 2.39. The third kappa shape index (κ3) is 2.93. The van der Waals surface area contributed by atoms with Crippen molar-refractivity contribution in [3.05, 3.63) is 65.2 Å². The van der Waals surface area contributed by atoms with E-state index in [9.17, 15) is 4.39 Å². The van der Waals surface area contributed by atoms with Gasteiger partial charge < -0.3 is 5.32 Å². The molecular formula is C15H17FN2. The maximum absolute atomic E-state index is 13.1. The number of aryl methyl sites for hydroxylation is 1. The summed E-state index contributed by atoms with van der Waals surface area (Å²) >= 11 is 0. The molecule has 2 aromatic rings. The van der Waals surface area contributed by atoms with Crippen molar-refractivity contribution in [3.63, 3.8) is 0 Å². The largest absolute Gasteiger partial charge is 0.313 e. The number of likely N-dealkylation sites (N-methyl/N-ethyl adjacent to an activating group) is 1. The number of nitrogens with one attached hydrogen (secondary N) is 1. The zero-order valence-electron chi connectivity index (χ0n) is 10.7. The van der Waals surface area contributed by atoms with Crippen LogP contribution in [0.5, 0.6) is 0 Å². The summed E-state index contributed by atoms with van der Waals surface area (Å²) in [5.41, 5.74) is 3.34. The van der Waals surface area contributed by atoms with Gasteiger partial charge in [-0.1, -0.05) is 6.07 Å². The van der Waals surface area contributed by atoms with Crippen LogP contribution in [0.1, 0.15) is 22.7 Å². The van der Waals surface area contributed by atoms with E-state index in [1.807, 2.05) is 32.2 Å². The summed E-state index contributed by atoms with van der Waals surface area (Å²) < 4.78 is 13.1. The standard InChI is InChI=1S/C15H17FN2/c1-11-9-14(16)4-3-13(11)10-15(17-2)12-5-7-18-8-6-12/h3-9,15,17H,10H2,1-2H3. The Bertz CT molecular complexity index is 511. The molecule has 0 amide bonds. The third-order valence-electron chi connectivity index (χ3n) is 3.19. The molecule has 1 atom stereocenters. The molecule has 1 N–H and O–H groups in total. The van der Waals surface area contributed by atoms with Crippen LogP contribution in [0.2, 0.25) is 0 Å². The van der Waals surface area contributed by atoms with Gasteiger partial charge in [0.15, 0.2) is 0 Å². The molecule has 1 heterocycles. The Kier molecular flexibility index (Phi) is 4.05. The molecule has 0 bridgehead atoms. The second kappa shape index (κ2) is 5.74. The normalized spacial score (nSPS) is 12.4. The molecule has 0 aliphatic heterocycles. The third-order valence-corrected chi connectivity index (χ3v) is 3.19. The van der Waals surface area contributed by atoms with Gasteiger partial charge in [-0.25, -0.2) is 4.39 Å². The van der Waals surface area contributed by atoms with Gasteiger partial charge in [-0.2, -0.15) is 0 Å². The fourth-order valence-electron chi connectivity index (χ4n) is 2.09. The van der Waals surface area contributed by atoms with Gasteiger partial charge in [-0.05, 0) is 61.3 Å². The number of benzene rings is 1. The highest BCUT2D eigenvalue weighted by atomic mass is 19.1. The maximum Gasteiger partial charge on any atom is 0.123 e. The second-order valence-electron chi connectivity index (χ2n) is 4.40. The molecule has 0 saturated carbocycles. The van der Waals surface area contributed by atoms with Gasteiger partial charge in [0.2, 0.25) is 0 Å². The van der Waals surface area contributed by atoms with E-state index in [4.69, 9.17) is 0 Å². The molecule has 0 fully saturated rings. The lowest BCUT2D eigenvalue weighted by atomic mass is 9.97. The van der Waals surface area contributed by atoms with Crippen LogP contribution in [-0.2, 0) is 6.42 Å². The highest BCUT2D eigenvalue weighted by Crippen LogP contribution is 2.20. The first kappa shape index (κ1) is 12.7. The van der Waals surface area contributed by atoms with Crippen LogP contribution in [0.25, 0.3) is 0 Å². The first-order valence-electron chi connectivity index (χ1n) is 6.03. The average molecular weight is 244 g/mol. The van der Waals surface area contributed by atoms with Gasteiger partial charge in [-0.3, -0.25) is 4.98 Å². The van der Waals surface area contributed by atoms with E-state index >= 15 is 0 Å². The lowest BCUT2D eigenvalue weighted by molar-refractivity contribution is 0.586. The van der Waals surface area contributed by atoms with Crippen LogP contribution in [-0.4, -0.2) is 12.0 Å². The van der Waals surface area contributed by atoms with E-state index in [1.165, 1.54) is 11.6 Å². The van der Waals surface area contributed by atoms with Crippen LogP contribution >= 0.6 is 0 Å². The molecule has 0 radical (unpaired) electrons. The van der Waals surface area contributed by atoms with Gasteiger partial charge in [0.1, 0.15) is 5.82 Å². The summed E-state index contributed by atoms with van der Waals surface area (Å²) in [7, 11) is 1.93. The minimum Gasteiger partial charge on any atom is -0.313 e. The number of hydrogen-bond donors (Lipinski definition) is 1. The van der Waals surface area contributed by atoms with Crippen molar-refractivity contribution in [2.45, 2.75) is 19.4 Å². The van der Waals surface area contributed by atoms with Gasteiger partial charge in [0, 0.05) is 18.4 Å². The summed E-state index contributed by atoms with van der Waals surface area (Å²) in [5, 5.41) is 3.29. The molecule has 0 saturated heterocycles. The highest BCUT2D eigenvalue weighted by molar-refractivity contribution is 5.29. The molecule has 18 heavy (non-hydrogen) atoms. The summed E-state index contributed by atoms with van der Waals surface area (Å²) in [6.07, 6.45) is 4.42. The Morgan fingerprint density at radius 2 is 1.94 bits per heavy atom. The molecule has 0 aliphatic carbocycles. The number of nitrogens with zero attached hydrogens (tertiary/aromatic N) is 1. The van der Waals surface area contributed by atoms with Crippen molar-refractivity contribution in [3.8, 4) is 0 Å². The molecule has 0 aliphatic rings. The van der Waals surface area contributed by atoms with Crippen LogP contribution < -0.4 is 5.32 Å². The molecular weight excluding hydrogens is 227 g/mol. The fraction of sp³-hybridized carbons (Fsp3) is 0.267. The quantitative estimate of drug-likeness (QED) is 0.894. The molecule has 1 unspecified atom stereocenters. The fourth-order valence-corrected chi connectivity index (χ4v) is 2.09. The zero-order chi connectivity index (χ0) is 13.0. The minimum atomic E-state index is -0.179. The van der Waals surface area contributed by atoms with Gasteiger partial charge in [-0.15, -0.1) is 0 Å². The molecule has 3 heteroatoms. The van der Waals surface area contributed by atoms with Crippen molar-refractivity contribution >= 4 is 0 Å². The Morgan fingerprint density at radius 3 is 2.56 bits per heavy atom. The first-order valence-corrected chi connectivity index (χ1v) is 6.03. The van der Waals surface area contributed by atoms with E-state index < -0.39 is 0 Å². The van der Waals surface area contributed by atoms with Gasteiger partial charge in [0.25, 0.3) is 0 Å². The van der Waals surface area contributed by atoms with Crippen molar-refractivity contribution in [1.29, 1.82) is 0 Å². The number of pyridine rings is 1. The topological polar surface area (TPSA) is 24.9 Å².